The summed E-state index contributed by atoms with van der Waals surface area (Å²) < 4.78 is 0. The first-order valence-electron chi connectivity index (χ1n) is 6.01. The zero-order valence-corrected chi connectivity index (χ0v) is 9.24. The van der Waals surface area contributed by atoms with E-state index in [1.165, 1.54) is 24.0 Å². The minimum Gasteiger partial charge on any atom is -0.504 e. The van der Waals surface area contributed by atoms with Crippen molar-refractivity contribution in [2.75, 3.05) is 13.1 Å². The van der Waals surface area contributed by atoms with Crippen LogP contribution in [0.25, 0.3) is 0 Å². The number of rotatable bonds is 0. The summed E-state index contributed by atoms with van der Waals surface area (Å²) in [4.78, 5) is 0. The quantitative estimate of drug-likeness (QED) is 0.582. The highest BCUT2D eigenvalue weighted by atomic mass is 16.3. The molecule has 16 heavy (non-hydrogen) atoms. The summed E-state index contributed by atoms with van der Waals surface area (Å²) >= 11 is 0. The normalized spacial score (nSPS) is 28.2. The maximum Gasteiger partial charge on any atom is 0.157 e. The molecule has 0 saturated carbocycles. The summed E-state index contributed by atoms with van der Waals surface area (Å²) in [7, 11) is 0. The topological polar surface area (TPSA) is 52.5 Å². The predicted molar refractivity (Wildman–Crippen MR) is 61.8 cm³/mol. The third-order valence-corrected chi connectivity index (χ3v) is 4.05. The van der Waals surface area contributed by atoms with Gasteiger partial charge in [-0.2, -0.15) is 0 Å². The monoisotopic (exact) mass is 219 g/mol. The number of hydrogen-bond donors (Lipinski definition) is 3. The van der Waals surface area contributed by atoms with Crippen LogP contribution in [0.3, 0.4) is 0 Å². The highest BCUT2D eigenvalue weighted by Crippen LogP contribution is 2.42. The smallest absolute Gasteiger partial charge is 0.157 e. The van der Waals surface area contributed by atoms with Gasteiger partial charge in [0.15, 0.2) is 11.5 Å². The molecule has 1 aromatic rings. The Morgan fingerprint density at radius 3 is 2.81 bits per heavy atom. The van der Waals surface area contributed by atoms with E-state index in [9.17, 15) is 10.2 Å². The van der Waals surface area contributed by atoms with E-state index < -0.39 is 0 Å². The lowest BCUT2D eigenvalue weighted by Gasteiger charge is -2.37. The molecule has 2 aliphatic rings. The van der Waals surface area contributed by atoms with Gasteiger partial charge in [-0.15, -0.1) is 0 Å². The average molecular weight is 219 g/mol. The third-order valence-electron chi connectivity index (χ3n) is 4.05. The minimum absolute atomic E-state index is 0.0148. The Morgan fingerprint density at radius 2 is 1.94 bits per heavy atom. The second-order valence-electron chi connectivity index (χ2n) is 4.94. The zero-order chi connectivity index (χ0) is 11.1. The highest BCUT2D eigenvalue weighted by Gasteiger charge is 2.32. The fourth-order valence-electron chi connectivity index (χ4n) is 3.16. The van der Waals surface area contributed by atoms with E-state index in [0.717, 1.165) is 25.4 Å². The van der Waals surface area contributed by atoms with Crippen LogP contribution in [0.5, 0.6) is 11.5 Å². The van der Waals surface area contributed by atoms with E-state index in [0.29, 0.717) is 5.92 Å². The van der Waals surface area contributed by atoms with Crippen LogP contribution in [-0.4, -0.2) is 23.3 Å². The first-order chi connectivity index (χ1) is 7.75. The van der Waals surface area contributed by atoms with E-state index in [1.807, 2.05) is 0 Å². The summed E-state index contributed by atoms with van der Waals surface area (Å²) in [6, 6.07) is 3.49. The molecular formula is C13H17NO2. The van der Waals surface area contributed by atoms with Crippen molar-refractivity contribution in [3.8, 4) is 11.5 Å². The number of benzene rings is 1. The second kappa shape index (κ2) is 3.67. The summed E-state index contributed by atoms with van der Waals surface area (Å²) in [5.41, 5.74) is 2.44. The summed E-state index contributed by atoms with van der Waals surface area (Å²) in [5, 5.41) is 22.5. The first-order valence-corrected chi connectivity index (χ1v) is 6.01. The van der Waals surface area contributed by atoms with Gasteiger partial charge in [0.2, 0.25) is 0 Å². The van der Waals surface area contributed by atoms with Crippen LogP contribution in [0.15, 0.2) is 12.1 Å². The molecule has 0 amide bonds. The number of piperidine rings is 1. The van der Waals surface area contributed by atoms with Crippen molar-refractivity contribution in [2.24, 2.45) is 5.92 Å². The van der Waals surface area contributed by atoms with E-state index in [-0.39, 0.29) is 11.5 Å². The van der Waals surface area contributed by atoms with Gasteiger partial charge in [0.05, 0.1) is 0 Å². The molecule has 0 bridgehead atoms. The van der Waals surface area contributed by atoms with Gasteiger partial charge < -0.3 is 15.5 Å². The van der Waals surface area contributed by atoms with Crippen molar-refractivity contribution < 1.29 is 10.2 Å². The molecule has 1 heterocycles. The summed E-state index contributed by atoms with van der Waals surface area (Å²) in [6.45, 7) is 2.11. The lowest BCUT2D eigenvalue weighted by Crippen LogP contribution is -2.37. The third kappa shape index (κ3) is 1.47. The number of aryl methyl sites for hydroxylation is 1. The Bertz CT molecular complexity index is 417. The summed E-state index contributed by atoms with van der Waals surface area (Å²) in [5.74, 6) is 1.30. The van der Waals surface area contributed by atoms with Crippen molar-refractivity contribution in [2.45, 2.75) is 25.2 Å². The Morgan fingerprint density at radius 1 is 1.12 bits per heavy atom. The molecule has 1 saturated heterocycles. The zero-order valence-electron chi connectivity index (χ0n) is 9.24. The fraction of sp³-hybridized carbons (Fsp3) is 0.538. The summed E-state index contributed by atoms with van der Waals surface area (Å²) in [6.07, 6.45) is 3.47. The number of fused-ring (bicyclic) bond motifs is 3. The maximum atomic E-state index is 9.60. The van der Waals surface area contributed by atoms with Crippen LogP contribution in [-0.2, 0) is 6.42 Å². The number of nitrogens with one attached hydrogen (secondary N) is 1. The Labute approximate surface area is 95.1 Å². The van der Waals surface area contributed by atoms with Crippen molar-refractivity contribution in [3.63, 3.8) is 0 Å². The molecule has 2 atom stereocenters. The minimum atomic E-state index is 0.0148. The molecule has 1 aliphatic carbocycles. The SMILES string of the molecule is Oc1cc2c(cc1O)[C@@H]1CNCC[C@@H]1CC2. The first kappa shape index (κ1) is 9.97. The molecule has 3 N–H and O–H groups in total. The molecule has 0 aromatic heterocycles. The molecule has 3 rings (SSSR count). The highest BCUT2D eigenvalue weighted by molar-refractivity contribution is 5.48. The largest absolute Gasteiger partial charge is 0.504 e. The van der Waals surface area contributed by atoms with Gasteiger partial charge in [-0.05, 0) is 60.9 Å². The van der Waals surface area contributed by atoms with E-state index >= 15 is 0 Å². The van der Waals surface area contributed by atoms with Crippen LogP contribution >= 0.6 is 0 Å². The molecule has 1 aliphatic heterocycles. The van der Waals surface area contributed by atoms with Crippen molar-refractivity contribution in [1.29, 1.82) is 0 Å². The van der Waals surface area contributed by atoms with Crippen molar-refractivity contribution in [3.05, 3.63) is 23.3 Å². The van der Waals surface area contributed by atoms with Crippen molar-refractivity contribution >= 4 is 0 Å². The fourth-order valence-corrected chi connectivity index (χ4v) is 3.16. The van der Waals surface area contributed by atoms with Gasteiger partial charge in [-0.1, -0.05) is 0 Å². The number of aromatic hydroxyl groups is 2. The van der Waals surface area contributed by atoms with Gasteiger partial charge in [0.1, 0.15) is 0 Å². The van der Waals surface area contributed by atoms with E-state index in [4.69, 9.17) is 0 Å². The Hall–Kier alpha value is -1.22. The lowest BCUT2D eigenvalue weighted by molar-refractivity contribution is 0.289. The van der Waals surface area contributed by atoms with Gasteiger partial charge in [0, 0.05) is 6.54 Å². The Kier molecular flexibility index (Phi) is 2.28. The van der Waals surface area contributed by atoms with Gasteiger partial charge >= 0.3 is 0 Å². The standard InChI is InChI=1S/C13H17NO2/c15-12-5-9-2-1-8-3-4-14-7-11(8)10(9)6-13(12)16/h5-6,8,11,14-16H,1-4,7H2/t8-,11+/m0/s1. The molecule has 3 nitrogen and oxygen atoms in total. The lowest BCUT2D eigenvalue weighted by atomic mass is 9.72. The Balaban J connectivity index is 2.04. The maximum absolute atomic E-state index is 9.60. The van der Waals surface area contributed by atoms with Crippen molar-refractivity contribution in [1.82, 2.24) is 5.32 Å². The average Bonchev–Trinajstić information content (AvgIpc) is 2.31. The van der Waals surface area contributed by atoms with Crippen LogP contribution in [0.1, 0.15) is 29.9 Å². The molecule has 86 valence electrons. The molecule has 0 unspecified atom stereocenters. The molecule has 1 fully saturated rings. The van der Waals surface area contributed by atoms with Crippen LogP contribution < -0.4 is 5.32 Å². The number of phenols is 2. The van der Waals surface area contributed by atoms with Crippen LogP contribution in [0.2, 0.25) is 0 Å². The molecule has 0 radical (unpaired) electrons. The van der Waals surface area contributed by atoms with Gasteiger partial charge in [-0.3, -0.25) is 0 Å². The van der Waals surface area contributed by atoms with E-state index in [2.05, 4.69) is 5.32 Å². The molecule has 1 aromatic carbocycles. The molecular weight excluding hydrogens is 202 g/mol. The number of hydrogen-bond acceptors (Lipinski definition) is 3. The van der Waals surface area contributed by atoms with Gasteiger partial charge in [0.25, 0.3) is 0 Å². The molecule has 3 heteroatoms. The number of phenolic OH excluding ortho intramolecular Hbond substituents is 2. The van der Waals surface area contributed by atoms with Crippen LogP contribution in [0, 0.1) is 5.92 Å². The van der Waals surface area contributed by atoms with Crippen LogP contribution in [0.4, 0.5) is 0 Å². The van der Waals surface area contributed by atoms with E-state index in [1.54, 1.807) is 12.1 Å². The van der Waals surface area contributed by atoms with Gasteiger partial charge in [-0.25, -0.2) is 0 Å². The predicted octanol–water partition coefficient (Wildman–Crippen LogP) is 1.74. The second-order valence-corrected chi connectivity index (χ2v) is 4.94. The molecule has 0 spiro atoms.